The maximum Gasteiger partial charge on any atom is 0.000980 e. The van der Waals surface area contributed by atoms with Gasteiger partial charge in [-0.15, -0.1) is 0 Å². The van der Waals surface area contributed by atoms with Gasteiger partial charge in [0.25, 0.3) is 0 Å². The van der Waals surface area contributed by atoms with E-state index in [0.29, 0.717) is 0 Å². The molecule has 15 heavy (non-hydrogen) atoms. The standard InChI is InChI=1S/C11H22N2.C2H6/c1-13(2)10-4-3-5-11-6-8-12-9-7-11;1-2/h3,5,11-12H,4,6-10H2,1-2H3;1-2H3/b5-3+;. The van der Waals surface area contributed by atoms with Crippen LogP contribution in [0.25, 0.3) is 0 Å². The summed E-state index contributed by atoms with van der Waals surface area (Å²) >= 11 is 0. The van der Waals surface area contributed by atoms with Crippen LogP contribution in [0.3, 0.4) is 0 Å². The lowest BCUT2D eigenvalue weighted by molar-refractivity contribution is 0.413. The molecule has 1 saturated heterocycles. The average Bonchev–Trinajstić information content (AvgIpc) is 2.28. The fraction of sp³-hybridized carbons (Fsp3) is 0.846. The van der Waals surface area contributed by atoms with Crippen molar-refractivity contribution in [1.29, 1.82) is 0 Å². The van der Waals surface area contributed by atoms with Crippen LogP contribution in [0, 0.1) is 5.92 Å². The van der Waals surface area contributed by atoms with E-state index in [9.17, 15) is 0 Å². The molecule has 2 nitrogen and oxygen atoms in total. The molecule has 1 aliphatic heterocycles. The molecule has 0 aromatic heterocycles. The minimum Gasteiger partial charge on any atom is -0.317 e. The van der Waals surface area contributed by atoms with Gasteiger partial charge in [0.15, 0.2) is 0 Å². The predicted molar refractivity (Wildman–Crippen MR) is 69.3 cm³/mol. The topological polar surface area (TPSA) is 15.3 Å². The highest BCUT2D eigenvalue weighted by Gasteiger charge is 2.08. The molecule has 90 valence electrons. The molecule has 0 radical (unpaired) electrons. The third kappa shape index (κ3) is 8.64. The van der Waals surface area contributed by atoms with E-state index in [0.717, 1.165) is 5.92 Å². The second-order valence-electron chi connectivity index (χ2n) is 4.11. The number of hydrogen-bond donors (Lipinski definition) is 1. The smallest absolute Gasteiger partial charge is 0.000980 e. The summed E-state index contributed by atoms with van der Waals surface area (Å²) in [5, 5.41) is 3.38. The highest BCUT2D eigenvalue weighted by molar-refractivity contribution is 4.90. The van der Waals surface area contributed by atoms with Crippen LogP contribution in [0.5, 0.6) is 0 Å². The summed E-state index contributed by atoms with van der Waals surface area (Å²) in [7, 11) is 4.25. The number of allylic oxidation sites excluding steroid dienone is 1. The van der Waals surface area contributed by atoms with Gasteiger partial charge < -0.3 is 10.2 Å². The van der Waals surface area contributed by atoms with E-state index in [2.05, 4.69) is 36.5 Å². The second-order valence-corrected chi connectivity index (χ2v) is 4.11. The molecule has 2 heteroatoms. The van der Waals surface area contributed by atoms with Crippen molar-refractivity contribution in [2.45, 2.75) is 33.1 Å². The van der Waals surface area contributed by atoms with Crippen LogP contribution >= 0.6 is 0 Å². The summed E-state index contributed by atoms with van der Waals surface area (Å²) in [5.41, 5.74) is 0. The van der Waals surface area contributed by atoms with Crippen LogP contribution in [-0.2, 0) is 0 Å². The summed E-state index contributed by atoms with van der Waals surface area (Å²) in [6.07, 6.45) is 8.58. The monoisotopic (exact) mass is 212 g/mol. The normalized spacial score (nSPS) is 17.9. The summed E-state index contributed by atoms with van der Waals surface area (Å²) in [4.78, 5) is 2.23. The van der Waals surface area contributed by atoms with Crippen molar-refractivity contribution >= 4 is 0 Å². The average molecular weight is 212 g/mol. The van der Waals surface area contributed by atoms with Gasteiger partial charge in [-0.3, -0.25) is 0 Å². The molecule has 0 unspecified atom stereocenters. The third-order valence-electron chi connectivity index (χ3n) is 2.54. The summed E-state index contributed by atoms with van der Waals surface area (Å²) in [5.74, 6) is 0.836. The molecule has 0 saturated carbocycles. The number of hydrogen-bond acceptors (Lipinski definition) is 2. The maximum absolute atomic E-state index is 3.38. The number of rotatable bonds is 4. The lowest BCUT2D eigenvalue weighted by Gasteiger charge is -2.19. The van der Waals surface area contributed by atoms with Crippen molar-refractivity contribution in [1.82, 2.24) is 10.2 Å². The van der Waals surface area contributed by atoms with Crippen molar-refractivity contribution in [3.8, 4) is 0 Å². The van der Waals surface area contributed by atoms with E-state index in [4.69, 9.17) is 0 Å². The predicted octanol–water partition coefficient (Wildman–Crippen LogP) is 2.52. The van der Waals surface area contributed by atoms with Gasteiger partial charge in [0, 0.05) is 6.54 Å². The largest absolute Gasteiger partial charge is 0.317 e. The molecular weight excluding hydrogens is 184 g/mol. The van der Waals surface area contributed by atoms with Crippen molar-refractivity contribution < 1.29 is 0 Å². The molecule has 0 aromatic rings. The second kappa shape index (κ2) is 10.2. The summed E-state index contributed by atoms with van der Waals surface area (Å²) in [6, 6.07) is 0. The van der Waals surface area contributed by atoms with E-state index < -0.39 is 0 Å². The highest BCUT2D eigenvalue weighted by Crippen LogP contribution is 2.12. The molecule has 1 N–H and O–H groups in total. The lowest BCUT2D eigenvalue weighted by atomic mass is 9.97. The molecule has 0 aromatic carbocycles. The van der Waals surface area contributed by atoms with Crippen molar-refractivity contribution in [3.63, 3.8) is 0 Å². The summed E-state index contributed by atoms with van der Waals surface area (Å²) in [6.45, 7) is 7.56. The quantitative estimate of drug-likeness (QED) is 0.720. The Hall–Kier alpha value is -0.340. The maximum atomic E-state index is 3.38. The molecule has 0 atom stereocenters. The SMILES string of the molecule is CC.CN(C)CC/C=C/C1CCNCC1. The molecule has 1 aliphatic rings. The number of nitrogens with zero attached hydrogens (tertiary/aromatic N) is 1. The zero-order valence-electron chi connectivity index (χ0n) is 10.9. The molecule has 0 spiro atoms. The Morgan fingerprint density at radius 3 is 2.33 bits per heavy atom. The molecule has 1 heterocycles. The van der Waals surface area contributed by atoms with E-state index >= 15 is 0 Å². The first-order valence-corrected chi connectivity index (χ1v) is 6.31. The molecular formula is C13H28N2. The molecule has 0 amide bonds. The van der Waals surface area contributed by atoms with Gasteiger partial charge in [-0.05, 0) is 52.4 Å². The van der Waals surface area contributed by atoms with E-state index in [-0.39, 0.29) is 0 Å². The van der Waals surface area contributed by atoms with Gasteiger partial charge in [-0.2, -0.15) is 0 Å². The summed E-state index contributed by atoms with van der Waals surface area (Å²) < 4.78 is 0. The molecule has 0 aliphatic carbocycles. The Morgan fingerprint density at radius 2 is 1.80 bits per heavy atom. The third-order valence-corrected chi connectivity index (χ3v) is 2.54. The van der Waals surface area contributed by atoms with Crippen LogP contribution in [0.2, 0.25) is 0 Å². The minimum absolute atomic E-state index is 0.836. The minimum atomic E-state index is 0.836. The van der Waals surface area contributed by atoms with Gasteiger partial charge in [0.1, 0.15) is 0 Å². The van der Waals surface area contributed by atoms with Crippen LogP contribution in [0.15, 0.2) is 12.2 Å². The fourth-order valence-electron chi connectivity index (χ4n) is 1.66. The van der Waals surface area contributed by atoms with Crippen LogP contribution in [0.1, 0.15) is 33.1 Å². The zero-order chi connectivity index (χ0) is 11.5. The Labute approximate surface area is 95.7 Å². The Balaban J connectivity index is 0.000000921. The van der Waals surface area contributed by atoms with Crippen LogP contribution in [0.4, 0.5) is 0 Å². The molecule has 1 fully saturated rings. The van der Waals surface area contributed by atoms with Gasteiger partial charge in [-0.1, -0.05) is 26.0 Å². The lowest BCUT2D eigenvalue weighted by Crippen LogP contribution is -2.26. The van der Waals surface area contributed by atoms with Crippen molar-refractivity contribution in [2.75, 3.05) is 33.7 Å². The number of nitrogens with one attached hydrogen (secondary N) is 1. The van der Waals surface area contributed by atoms with Gasteiger partial charge in [0.2, 0.25) is 0 Å². The first-order chi connectivity index (χ1) is 7.29. The van der Waals surface area contributed by atoms with Crippen molar-refractivity contribution in [2.24, 2.45) is 5.92 Å². The van der Waals surface area contributed by atoms with Crippen LogP contribution < -0.4 is 5.32 Å². The van der Waals surface area contributed by atoms with Gasteiger partial charge in [-0.25, -0.2) is 0 Å². The molecule has 1 rings (SSSR count). The van der Waals surface area contributed by atoms with Gasteiger partial charge >= 0.3 is 0 Å². The molecule has 0 bridgehead atoms. The van der Waals surface area contributed by atoms with E-state index in [1.54, 1.807) is 0 Å². The van der Waals surface area contributed by atoms with E-state index in [1.807, 2.05) is 13.8 Å². The van der Waals surface area contributed by atoms with E-state index in [1.165, 1.54) is 38.9 Å². The Morgan fingerprint density at radius 1 is 1.20 bits per heavy atom. The fourth-order valence-corrected chi connectivity index (χ4v) is 1.66. The highest BCUT2D eigenvalue weighted by atomic mass is 15.0. The van der Waals surface area contributed by atoms with Crippen molar-refractivity contribution in [3.05, 3.63) is 12.2 Å². The first-order valence-electron chi connectivity index (χ1n) is 6.31. The van der Waals surface area contributed by atoms with Crippen LogP contribution in [-0.4, -0.2) is 38.6 Å². The Kier molecular flexibility index (Phi) is 9.96. The Bertz CT molecular complexity index is 147. The zero-order valence-corrected chi connectivity index (χ0v) is 10.9. The first kappa shape index (κ1) is 14.7. The van der Waals surface area contributed by atoms with Gasteiger partial charge in [0.05, 0.1) is 0 Å². The number of piperidine rings is 1.